The van der Waals surface area contributed by atoms with Gasteiger partial charge in [-0.15, -0.1) is 0 Å². The van der Waals surface area contributed by atoms with Gasteiger partial charge in [0.15, 0.2) is 0 Å². The topological polar surface area (TPSA) is 0 Å². The second-order valence-electron chi connectivity index (χ2n) is 0. The molecule has 0 aliphatic rings. The van der Waals surface area contributed by atoms with E-state index in [1.807, 2.05) is 0 Å². The monoisotopic (exact) mass is 224 g/mol. The molecular weight excluding hydrogens is 226 g/mol. The maximum Gasteiger partial charge on any atom is 0 e. The molecule has 0 saturated carbocycles. The molecule has 0 N–H and O–H groups in total. The van der Waals surface area contributed by atoms with Crippen LogP contribution >= 0.6 is 0 Å². The predicted octanol–water partition coefficient (Wildman–Crippen LogP) is -0.769. The summed E-state index contributed by atoms with van der Waals surface area (Å²) in [5.74, 6) is 0. The standard InChI is InChI=1S/Cr.2Ni.2Si. The first kappa shape index (κ1) is 64.6. The second kappa shape index (κ2) is 38.3. The third kappa shape index (κ3) is 24.4. The Morgan fingerprint density at radius 2 is 0.600 bits per heavy atom. The molecule has 0 aliphatic carbocycles. The Hall–Kier alpha value is 1.95. The molecule has 0 fully saturated rings. The second-order valence-corrected chi connectivity index (χ2v) is 0. The predicted molar refractivity (Wildman–Crippen MR) is 11.5 cm³/mol. The van der Waals surface area contributed by atoms with Gasteiger partial charge in [-0.1, -0.05) is 0 Å². The van der Waals surface area contributed by atoms with E-state index in [9.17, 15) is 0 Å². The average molecular weight is 226 g/mol. The van der Waals surface area contributed by atoms with E-state index in [4.69, 9.17) is 0 Å². The molecule has 0 atom stereocenters. The van der Waals surface area contributed by atoms with E-state index in [1.54, 1.807) is 0 Å². The Balaban J connectivity index is 0. The van der Waals surface area contributed by atoms with Crippen LogP contribution < -0.4 is 0 Å². The van der Waals surface area contributed by atoms with Gasteiger partial charge in [0.1, 0.15) is 0 Å². The fraction of sp³-hybridized carbons (Fsp3) is 0. The zero-order valence-electron chi connectivity index (χ0n) is 2.04. The number of rotatable bonds is 0. The summed E-state index contributed by atoms with van der Waals surface area (Å²) in [4.78, 5) is 0. The van der Waals surface area contributed by atoms with Gasteiger partial charge in [-0.25, -0.2) is 0 Å². The molecule has 0 aliphatic heterocycles. The molecule has 34 valence electrons. The van der Waals surface area contributed by atoms with E-state index in [0.717, 1.165) is 0 Å². The fourth-order valence-corrected chi connectivity index (χ4v) is 0. The molecule has 0 unspecified atom stereocenters. The van der Waals surface area contributed by atoms with Crippen LogP contribution in [-0.2, 0) is 50.3 Å². The summed E-state index contributed by atoms with van der Waals surface area (Å²) in [5.41, 5.74) is 0. The molecule has 0 bridgehead atoms. The van der Waals surface area contributed by atoms with E-state index in [-0.39, 0.29) is 72.3 Å². The smallest absolute Gasteiger partial charge is 0 e. The van der Waals surface area contributed by atoms with E-state index in [1.165, 1.54) is 0 Å². The zero-order chi connectivity index (χ0) is 0. The summed E-state index contributed by atoms with van der Waals surface area (Å²) in [7, 11) is 0. The van der Waals surface area contributed by atoms with Crippen molar-refractivity contribution >= 4 is 21.9 Å². The van der Waals surface area contributed by atoms with Gasteiger partial charge in [0, 0.05) is 72.3 Å². The molecule has 0 amide bonds. The maximum absolute atomic E-state index is 0. The van der Waals surface area contributed by atoms with Crippen molar-refractivity contribution in [3.05, 3.63) is 0 Å². The van der Waals surface area contributed by atoms with Crippen LogP contribution in [0.4, 0.5) is 0 Å². The van der Waals surface area contributed by atoms with Crippen molar-refractivity contribution in [3.8, 4) is 0 Å². The SMILES string of the molecule is [Cr].[Ni].[Ni].[Si].[Si]. The molecular formula is CrNi2Si2. The van der Waals surface area contributed by atoms with Gasteiger partial charge in [-0.3, -0.25) is 0 Å². The molecule has 0 heterocycles. The molecule has 0 rings (SSSR count). The van der Waals surface area contributed by atoms with Gasteiger partial charge >= 0.3 is 0 Å². The third-order valence-electron chi connectivity index (χ3n) is 0. The first-order valence-electron chi connectivity index (χ1n) is 0. The number of hydrogen-bond donors (Lipinski definition) is 0. The van der Waals surface area contributed by atoms with E-state index in [0.29, 0.717) is 0 Å². The van der Waals surface area contributed by atoms with Crippen molar-refractivity contribution in [1.29, 1.82) is 0 Å². The van der Waals surface area contributed by atoms with Crippen molar-refractivity contribution in [2.75, 3.05) is 0 Å². The van der Waals surface area contributed by atoms with Crippen molar-refractivity contribution in [2.24, 2.45) is 0 Å². The Kier molecular flexibility index (Phi) is 495. The average Bonchev–Trinajstić information content (AvgIpc) is 0. The van der Waals surface area contributed by atoms with Gasteiger partial charge in [0.25, 0.3) is 0 Å². The minimum Gasteiger partial charge on any atom is 0 e. The minimum absolute atomic E-state index is 0. The molecule has 8 radical (unpaired) electrons. The normalized spacial score (nSPS) is 0. The largest absolute Gasteiger partial charge is 0 e. The van der Waals surface area contributed by atoms with Crippen LogP contribution in [0.15, 0.2) is 0 Å². The fourth-order valence-electron chi connectivity index (χ4n) is 0. The van der Waals surface area contributed by atoms with Crippen LogP contribution in [0.25, 0.3) is 0 Å². The summed E-state index contributed by atoms with van der Waals surface area (Å²) in [6, 6.07) is 0. The van der Waals surface area contributed by atoms with E-state index >= 15 is 0 Å². The summed E-state index contributed by atoms with van der Waals surface area (Å²) in [6.45, 7) is 0. The van der Waals surface area contributed by atoms with Crippen LogP contribution in [0.1, 0.15) is 0 Å². The van der Waals surface area contributed by atoms with Gasteiger partial charge < -0.3 is 0 Å². The van der Waals surface area contributed by atoms with E-state index < -0.39 is 0 Å². The Morgan fingerprint density at radius 1 is 0.600 bits per heavy atom. The maximum atomic E-state index is 0. The van der Waals surface area contributed by atoms with Crippen molar-refractivity contribution in [2.45, 2.75) is 0 Å². The molecule has 0 aromatic heterocycles. The van der Waals surface area contributed by atoms with Gasteiger partial charge in [-0.2, -0.15) is 0 Å². The van der Waals surface area contributed by atoms with Crippen LogP contribution in [-0.4, -0.2) is 21.9 Å². The van der Waals surface area contributed by atoms with Crippen molar-refractivity contribution < 1.29 is 50.3 Å². The number of hydrogen-bond acceptors (Lipinski definition) is 0. The Bertz CT molecular complexity index is 7.61. The van der Waals surface area contributed by atoms with Gasteiger partial charge in [-0.05, 0) is 0 Å². The third-order valence-corrected chi connectivity index (χ3v) is 0. The summed E-state index contributed by atoms with van der Waals surface area (Å²) in [6.07, 6.45) is 0. The van der Waals surface area contributed by atoms with Crippen LogP contribution in [0.2, 0.25) is 0 Å². The molecule has 0 aromatic carbocycles. The Morgan fingerprint density at radius 3 is 0.600 bits per heavy atom. The quantitative estimate of drug-likeness (QED) is 0.475. The summed E-state index contributed by atoms with van der Waals surface area (Å²) < 4.78 is 0. The van der Waals surface area contributed by atoms with Crippen molar-refractivity contribution in [3.63, 3.8) is 0 Å². The first-order valence-corrected chi connectivity index (χ1v) is 0. The summed E-state index contributed by atoms with van der Waals surface area (Å²) in [5, 5.41) is 0. The molecule has 0 nitrogen and oxygen atoms in total. The first-order chi connectivity index (χ1) is 0. The van der Waals surface area contributed by atoms with Crippen LogP contribution in [0.5, 0.6) is 0 Å². The minimum atomic E-state index is 0. The summed E-state index contributed by atoms with van der Waals surface area (Å²) >= 11 is 0. The molecule has 5 heteroatoms. The molecule has 0 spiro atoms. The zero-order valence-corrected chi connectivity index (χ0v) is 7.29. The van der Waals surface area contributed by atoms with Crippen molar-refractivity contribution in [1.82, 2.24) is 0 Å². The van der Waals surface area contributed by atoms with Crippen LogP contribution in [0.3, 0.4) is 0 Å². The molecule has 0 saturated heterocycles. The molecule has 5 heavy (non-hydrogen) atoms. The van der Waals surface area contributed by atoms with Crippen LogP contribution in [0, 0.1) is 0 Å². The molecule has 0 aromatic rings. The van der Waals surface area contributed by atoms with E-state index in [2.05, 4.69) is 0 Å². The van der Waals surface area contributed by atoms with Gasteiger partial charge in [0.05, 0.1) is 0 Å². The van der Waals surface area contributed by atoms with Gasteiger partial charge in [0.2, 0.25) is 0 Å². The Labute approximate surface area is 71.9 Å².